The van der Waals surface area contributed by atoms with E-state index in [1.165, 1.54) is 55.4 Å². The van der Waals surface area contributed by atoms with E-state index in [2.05, 4.69) is 120 Å². The van der Waals surface area contributed by atoms with Gasteiger partial charge in [0.05, 0.1) is 0 Å². The normalized spacial score (nSPS) is 16.1. The monoisotopic (exact) mass is 406 g/mol. The molecule has 0 N–H and O–H groups in total. The Morgan fingerprint density at radius 3 is 2.16 bits per heavy atom. The van der Waals surface area contributed by atoms with Crippen LogP contribution in [-0.4, -0.2) is 0 Å². The highest BCUT2D eigenvalue weighted by Gasteiger charge is 2.46. The van der Waals surface area contributed by atoms with Crippen molar-refractivity contribution in [1.29, 1.82) is 0 Å². The lowest BCUT2D eigenvalue weighted by Crippen LogP contribution is -2.43. The van der Waals surface area contributed by atoms with E-state index in [1.807, 2.05) is 0 Å². The summed E-state index contributed by atoms with van der Waals surface area (Å²) in [6.07, 6.45) is 2.21. The van der Waals surface area contributed by atoms with Crippen molar-refractivity contribution in [3.05, 3.63) is 89.1 Å². The van der Waals surface area contributed by atoms with Crippen LogP contribution in [0.2, 0.25) is 0 Å². The highest BCUT2D eigenvalue weighted by atomic mass is 14.9. The van der Waals surface area contributed by atoms with Crippen molar-refractivity contribution < 1.29 is 4.57 Å². The standard InChI is InChI=1S/C30H32N/c1-19-12-15-27(31(7)18-19)23-17-24-26(16-20(23)2)30(5,6)29(3,4)25-14-13-21-10-8-9-11-22(21)28(24)25/h8-18H,1-7H3/q+1. The van der Waals surface area contributed by atoms with Crippen molar-refractivity contribution in [3.63, 3.8) is 0 Å². The molecule has 4 aromatic rings. The molecular formula is C30H32N+. The molecule has 31 heavy (non-hydrogen) atoms. The summed E-state index contributed by atoms with van der Waals surface area (Å²) < 4.78 is 2.26. The molecular weight excluding hydrogens is 374 g/mol. The van der Waals surface area contributed by atoms with Crippen LogP contribution in [0.15, 0.2) is 66.9 Å². The van der Waals surface area contributed by atoms with E-state index in [9.17, 15) is 0 Å². The van der Waals surface area contributed by atoms with Crippen LogP contribution in [0.3, 0.4) is 0 Å². The summed E-state index contributed by atoms with van der Waals surface area (Å²) in [5.74, 6) is 0. The molecule has 3 aromatic carbocycles. The van der Waals surface area contributed by atoms with Crippen molar-refractivity contribution in [2.24, 2.45) is 7.05 Å². The van der Waals surface area contributed by atoms with Gasteiger partial charge in [-0.15, -0.1) is 0 Å². The molecule has 1 heterocycles. The van der Waals surface area contributed by atoms with E-state index in [4.69, 9.17) is 0 Å². The fourth-order valence-corrected chi connectivity index (χ4v) is 5.49. The molecule has 1 aromatic heterocycles. The lowest BCUT2D eigenvalue weighted by atomic mass is 9.54. The average molecular weight is 407 g/mol. The maximum absolute atomic E-state index is 2.46. The molecule has 5 rings (SSSR count). The largest absolute Gasteiger partial charge is 0.212 e. The van der Waals surface area contributed by atoms with Crippen LogP contribution in [-0.2, 0) is 17.9 Å². The van der Waals surface area contributed by atoms with Gasteiger partial charge >= 0.3 is 0 Å². The van der Waals surface area contributed by atoms with Gasteiger partial charge in [-0.3, -0.25) is 0 Å². The van der Waals surface area contributed by atoms with E-state index in [1.54, 1.807) is 0 Å². The molecule has 1 nitrogen and oxygen atoms in total. The van der Waals surface area contributed by atoms with Gasteiger partial charge in [0.1, 0.15) is 7.05 Å². The van der Waals surface area contributed by atoms with E-state index in [0.29, 0.717) is 0 Å². The second-order valence-electron chi connectivity index (χ2n) is 10.4. The summed E-state index contributed by atoms with van der Waals surface area (Å²) in [6.45, 7) is 14.1. The van der Waals surface area contributed by atoms with Crippen molar-refractivity contribution >= 4 is 10.8 Å². The average Bonchev–Trinajstić information content (AvgIpc) is 2.72. The number of fused-ring (bicyclic) bond motifs is 5. The Bertz CT molecular complexity index is 1350. The van der Waals surface area contributed by atoms with Gasteiger partial charge in [-0.1, -0.05) is 70.2 Å². The van der Waals surface area contributed by atoms with E-state index >= 15 is 0 Å². The van der Waals surface area contributed by atoms with Gasteiger partial charge in [0.15, 0.2) is 6.20 Å². The molecule has 0 bridgehead atoms. The zero-order valence-electron chi connectivity index (χ0n) is 19.8. The summed E-state index contributed by atoms with van der Waals surface area (Å²) in [4.78, 5) is 0. The van der Waals surface area contributed by atoms with Crippen molar-refractivity contribution in [1.82, 2.24) is 0 Å². The topological polar surface area (TPSA) is 3.88 Å². The number of rotatable bonds is 1. The van der Waals surface area contributed by atoms with Crippen LogP contribution in [0.4, 0.5) is 0 Å². The fraction of sp³-hybridized carbons (Fsp3) is 0.300. The van der Waals surface area contributed by atoms with Gasteiger partial charge in [0.2, 0.25) is 5.69 Å². The Morgan fingerprint density at radius 2 is 1.42 bits per heavy atom. The minimum atomic E-state index is 0.0243. The molecule has 1 aliphatic carbocycles. The Morgan fingerprint density at radius 1 is 0.710 bits per heavy atom. The molecule has 0 fully saturated rings. The summed E-state index contributed by atoms with van der Waals surface area (Å²) in [7, 11) is 2.15. The Kier molecular flexibility index (Phi) is 4.21. The van der Waals surface area contributed by atoms with Crippen LogP contribution in [0.5, 0.6) is 0 Å². The third-order valence-corrected chi connectivity index (χ3v) is 8.03. The highest BCUT2D eigenvalue weighted by molar-refractivity contribution is 6.01. The van der Waals surface area contributed by atoms with E-state index in [-0.39, 0.29) is 10.8 Å². The van der Waals surface area contributed by atoms with Gasteiger partial charge < -0.3 is 0 Å². The van der Waals surface area contributed by atoms with Crippen molar-refractivity contribution in [2.75, 3.05) is 0 Å². The SMILES string of the molecule is Cc1ccc(-c2cc3c(cc2C)C(C)(C)C(C)(C)c2ccc4ccccc4c2-3)[n+](C)c1. The summed E-state index contributed by atoms with van der Waals surface area (Å²) >= 11 is 0. The zero-order valence-corrected chi connectivity index (χ0v) is 19.8. The molecule has 0 atom stereocenters. The van der Waals surface area contributed by atoms with Gasteiger partial charge in [-0.2, -0.15) is 0 Å². The smallest absolute Gasteiger partial charge is 0.201 e. The Hall–Kier alpha value is -2.93. The van der Waals surface area contributed by atoms with Gasteiger partial charge in [0.25, 0.3) is 0 Å². The molecule has 0 radical (unpaired) electrons. The molecule has 0 unspecified atom stereocenters. The molecule has 156 valence electrons. The van der Waals surface area contributed by atoms with Crippen LogP contribution < -0.4 is 4.57 Å². The highest BCUT2D eigenvalue weighted by Crippen LogP contribution is 2.56. The maximum atomic E-state index is 2.46. The number of aromatic nitrogens is 1. The van der Waals surface area contributed by atoms with Crippen molar-refractivity contribution in [3.8, 4) is 22.4 Å². The molecule has 0 aliphatic heterocycles. The van der Waals surface area contributed by atoms with E-state index in [0.717, 1.165) is 0 Å². The minimum absolute atomic E-state index is 0.0243. The second-order valence-corrected chi connectivity index (χ2v) is 10.4. The number of pyridine rings is 1. The first-order valence-corrected chi connectivity index (χ1v) is 11.3. The summed E-state index contributed by atoms with van der Waals surface area (Å²) in [5.41, 5.74) is 10.9. The molecule has 1 aliphatic rings. The molecule has 1 heteroatoms. The third kappa shape index (κ3) is 2.72. The first-order chi connectivity index (χ1) is 14.6. The Labute approximate surface area is 186 Å². The lowest BCUT2D eigenvalue weighted by Gasteiger charge is -2.49. The summed E-state index contributed by atoms with van der Waals surface area (Å²) in [5, 5.41) is 2.67. The number of hydrogen-bond acceptors (Lipinski definition) is 0. The second kappa shape index (κ2) is 6.53. The predicted molar refractivity (Wildman–Crippen MR) is 132 cm³/mol. The quantitative estimate of drug-likeness (QED) is 0.295. The van der Waals surface area contributed by atoms with Crippen LogP contribution in [0.25, 0.3) is 33.2 Å². The predicted octanol–water partition coefficient (Wildman–Crippen LogP) is 7.18. The lowest BCUT2D eigenvalue weighted by molar-refractivity contribution is -0.660. The van der Waals surface area contributed by atoms with Crippen molar-refractivity contribution in [2.45, 2.75) is 52.4 Å². The van der Waals surface area contributed by atoms with Gasteiger partial charge in [-0.25, -0.2) is 4.57 Å². The fourth-order valence-electron chi connectivity index (χ4n) is 5.49. The third-order valence-electron chi connectivity index (χ3n) is 8.03. The first kappa shape index (κ1) is 20.0. The number of aryl methyl sites for hydroxylation is 3. The number of benzene rings is 3. The van der Waals surface area contributed by atoms with Crippen LogP contribution in [0.1, 0.15) is 49.9 Å². The van der Waals surface area contributed by atoms with Gasteiger partial charge in [0, 0.05) is 17.2 Å². The minimum Gasteiger partial charge on any atom is -0.201 e. The molecule has 0 amide bonds. The number of hydrogen-bond donors (Lipinski definition) is 0. The molecule has 0 spiro atoms. The van der Waals surface area contributed by atoms with Crippen LogP contribution >= 0.6 is 0 Å². The molecule has 0 saturated heterocycles. The maximum Gasteiger partial charge on any atom is 0.212 e. The summed E-state index contributed by atoms with van der Waals surface area (Å²) in [6, 6.07) is 22.9. The Balaban J connectivity index is 1.91. The van der Waals surface area contributed by atoms with Crippen LogP contribution in [0, 0.1) is 13.8 Å². The van der Waals surface area contributed by atoms with E-state index < -0.39 is 0 Å². The molecule has 0 saturated carbocycles. The zero-order chi connectivity index (χ0) is 22.1. The first-order valence-electron chi connectivity index (χ1n) is 11.3. The number of nitrogens with zero attached hydrogens (tertiary/aromatic N) is 1. The van der Waals surface area contributed by atoms with Gasteiger partial charge in [-0.05, 0) is 75.4 Å².